The van der Waals surface area contributed by atoms with Gasteiger partial charge in [0.05, 0.1) is 0 Å². The van der Waals surface area contributed by atoms with E-state index >= 15 is 0 Å². The smallest absolute Gasteiger partial charge is 0.248 e. The minimum absolute atomic E-state index is 0.0616. The fourth-order valence-electron chi connectivity index (χ4n) is 4.61. The van der Waals surface area contributed by atoms with Crippen molar-refractivity contribution in [2.75, 3.05) is 39.5 Å². The van der Waals surface area contributed by atoms with E-state index in [0.29, 0.717) is 37.4 Å². The number of rotatable bonds is 6. The Labute approximate surface area is 171 Å². The summed E-state index contributed by atoms with van der Waals surface area (Å²) >= 11 is 5.94. The summed E-state index contributed by atoms with van der Waals surface area (Å²) in [5.41, 5.74) is 1.24. The lowest BCUT2D eigenvalue weighted by Gasteiger charge is -2.35. The Morgan fingerprint density at radius 2 is 1.68 bits per heavy atom. The number of piperazine rings is 1. The second kappa shape index (κ2) is 8.91. The van der Waals surface area contributed by atoms with Gasteiger partial charge in [-0.05, 0) is 30.5 Å². The molecule has 1 amide bonds. The lowest BCUT2D eigenvalue weighted by Crippen LogP contribution is -2.50. The number of nitrogens with zero attached hydrogens (tertiary/aromatic N) is 3. The molecule has 6 nitrogen and oxygen atoms in total. The quantitative estimate of drug-likeness (QED) is 0.726. The van der Waals surface area contributed by atoms with Gasteiger partial charge in [0.25, 0.3) is 0 Å². The summed E-state index contributed by atoms with van der Waals surface area (Å²) in [5, 5.41) is 0.753. The van der Waals surface area contributed by atoms with Crippen LogP contribution in [0.3, 0.4) is 0 Å². The summed E-state index contributed by atoms with van der Waals surface area (Å²) < 4.78 is 5.74. The minimum atomic E-state index is 0.0616. The third kappa shape index (κ3) is 4.74. The monoisotopic (exact) mass is 405 g/mol. The van der Waals surface area contributed by atoms with Gasteiger partial charge >= 0.3 is 0 Å². The van der Waals surface area contributed by atoms with E-state index in [1.165, 1.54) is 5.56 Å². The molecule has 0 saturated carbocycles. The van der Waals surface area contributed by atoms with Crippen molar-refractivity contribution in [2.45, 2.75) is 44.3 Å². The average Bonchev–Trinajstić information content (AvgIpc) is 2.93. The molecule has 0 radical (unpaired) electrons. The van der Waals surface area contributed by atoms with Crippen molar-refractivity contribution in [1.82, 2.24) is 14.7 Å². The van der Waals surface area contributed by atoms with E-state index in [4.69, 9.17) is 16.3 Å². The highest BCUT2D eigenvalue weighted by Gasteiger charge is 2.40. The highest BCUT2D eigenvalue weighted by Crippen LogP contribution is 2.33. The van der Waals surface area contributed by atoms with Gasteiger partial charge in [-0.2, -0.15) is 0 Å². The molecule has 3 fully saturated rings. The first-order chi connectivity index (χ1) is 13.6. The van der Waals surface area contributed by atoms with Gasteiger partial charge in [-0.15, -0.1) is 0 Å². The summed E-state index contributed by atoms with van der Waals surface area (Å²) in [6.07, 6.45) is 3.43. The molecule has 2 atom stereocenters. The molecule has 1 aromatic carbocycles. The van der Waals surface area contributed by atoms with Crippen LogP contribution in [-0.4, -0.2) is 78.0 Å². The predicted octanol–water partition coefficient (Wildman–Crippen LogP) is 2.15. The topological polar surface area (TPSA) is 53.1 Å². The Bertz CT molecular complexity index is 687. The Balaban J connectivity index is 1.16. The number of benzene rings is 1. The van der Waals surface area contributed by atoms with Crippen LogP contribution in [0.4, 0.5) is 0 Å². The van der Waals surface area contributed by atoms with Gasteiger partial charge < -0.3 is 9.64 Å². The molecule has 0 N–H and O–H groups in total. The number of piperidine rings is 1. The van der Waals surface area contributed by atoms with Gasteiger partial charge in [0.1, 0.15) is 19.1 Å². The molecule has 4 rings (SSSR count). The SMILES string of the molecule is O=C1CC2CCC(C1)N2COCC(=O)N1CCN(Cc2ccc(Cl)cc2)CC1. The third-order valence-electron chi connectivity index (χ3n) is 6.21. The molecule has 0 spiro atoms. The van der Waals surface area contributed by atoms with Crippen LogP contribution < -0.4 is 0 Å². The van der Waals surface area contributed by atoms with Gasteiger partial charge in [-0.3, -0.25) is 19.4 Å². The maximum atomic E-state index is 12.5. The second-order valence-electron chi connectivity index (χ2n) is 8.11. The number of carbonyl (C=O) groups is 2. The van der Waals surface area contributed by atoms with Crippen LogP contribution in [0, 0.1) is 0 Å². The maximum Gasteiger partial charge on any atom is 0.248 e. The normalized spacial score (nSPS) is 26.0. The first-order valence-electron chi connectivity index (χ1n) is 10.2. The number of halogens is 1. The number of fused-ring (bicyclic) bond motifs is 2. The number of hydrogen-bond acceptors (Lipinski definition) is 5. The molecule has 28 heavy (non-hydrogen) atoms. The Hall–Kier alpha value is -1.47. The van der Waals surface area contributed by atoms with Crippen LogP contribution in [0.5, 0.6) is 0 Å². The zero-order chi connectivity index (χ0) is 19.5. The van der Waals surface area contributed by atoms with Gasteiger partial charge in [-0.1, -0.05) is 23.7 Å². The Morgan fingerprint density at radius 1 is 1.04 bits per heavy atom. The summed E-state index contributed by atoms with van der Waals surface area (Å²) in [6, 6.07) is 8.57. The van der Waals surface area contributed by atoms with E-state index in [9.17, 15) is 9.59 Å². The predicted molar refractivity (Wildman–Crippen MR) is 107 cm³/mol. The highest BCUT2D eigenvalue weighted by atomic mass is 35.5. The van der Waals surface area contributed by atoms with Gasteiger partial charge in [0.2, 0.25) is 5.91 Å². The second-order valence-corrected chi connectivity index (χ2v) is 8.54. The van der Waals surface area contributed by atoms with Crippen molar-refractivity contribution in [3.63, 3.8) is 0 Å². The van der Waals surface area contributed by atoms with E-state index in [2.05, 4.69) is 21.9 Å². The Kier molecular flexibility index (Phi) is 6.31. The fraction of sp³-hybridized carbons (Fsp3) is 0.619. The highest BCUT2D eigenvalue weighted by molar-refractivity contribution is 6.30. The first-order valence-corrected chi connectivity index (χ1v) is 10.6. The van der Waals surface area contributed by atoms with Crippen molar-refractivity contribution < 1.29 is 14.3 Å². The van der Waals surface area contributed by atoms with Crippen molar-refractivity contribution in [1.29, 1.82) is 0 Å². The number of hydrogen-bond donors (Lipinski definition) is 0. The molecule has 2 bridgehead atoms. The zero-order valence-corrected chi connectivity index (χ0v) is 16.9. The van der Waals surface area contributed by atoms with Crippen molar-refractivity contribution >= 4 is 23.3 Å². The van der Waals surface area contributed by atoms with Crippen LogP contribution in [0.15, 0.2) is 24.3 Å². The van der Waals surface area contributed by atoms with Gasteiger partial charge in [0.15, 0.2) is 0 Å². The van der Waals surface area contributed by atoms with Crippen LogP contribution in [0.1, 0.15) is 31.2 Å². The third-order valence-corrected chi connectivity index (χ3v) is 6.46. The summed E-state index contributed by atoms with van der Waals surface area (Å²) in [4.78, 5) is 30.7. The van der Waals surface area contributed by atoms with Crippen molar-refractivity contribution in [3.05, 3.63) is 34.9 Å². The number of carbonyl (C=O) groups excluding carboxylic acids is 2. The lowest BCUT2D eigenvalue weighted by molar-refractivity contribution is -0.142. The van der Waals surface area contributed by atoms with Crippen molar-refractivity contribution in [2.24, 2.45) is 0 Å². The molecule has 0 aliphatic carbocycles. The maximum absolute atomic E-state index is 12.5. The average molecular weight is 406 g/mol. The molecule has 0 aromatic heterocycles. The van der Waals surface area contributed by atoms with Crippen LogP contribution in [0.2, 0.25) is 5.02 Å². The molecule has 3 saturated heterocycles. The Morgan fingerprint density at radius 3 is 2.32 bits per heavy atom. The van der Waals surface area contributed by atoms with E-state index in [1.54, 1.807) is 0 Å². The van der Waals surface area contributed by atoms with Crippen LogP contribution in [0.25, 0.3) is 0 Å². The zero-order valence-electron chi connectivity index (χ0n) is 16.2. The van der Waals surface area contributed by atoms with E-state index < -0.39 is 0 Å². The number of ketones is 1. The van der Waals surface area contributed by atoms with E-state index in [1.807, 2.05) is 17.0 Å². The molecular formula is C21H28ClN3O3. The van der Waals surface area contributed by atoms with Crippen LogP contribution >= 0.6 is 11.6 Å². The first kappa shape index (κ1) is 19.8. The largest absolute Gasteiger partial charge is 0.356 e. The fourth-order valence-corrected chi connectivity index (χ4v) is 4.73. The number of ether oxygens (including phenoxy) is 1. The number of Topliss-reactive ketones (excluding diaryl/α,β-unsaturated/α-hetero) is 1. The minimum Gasteiger partial charge on any atom is -0.356 e. The van der Waals surface area contributed by atoms with Crippen molar-refractivity contribution in [3.8, 4) is 0 Å². The summed E-state index contributed by atoms with van der Waals surface area (Å²) in [7, 11) is 0. The summed E-state index contributed by atoms with van der Waals surface area (Å²) in [6.45, 7) is 4.68. The lowest BCUT2D eigenvalue weighted by atomic mass is 10.0. The van der Waals surface area contributed by atoms with E-state index in [0.717, 1.165) is 50.6 Å². The van der Waals surface area contributed by atoms with Gasteiger partial charge in [-0.25, -0.2) is 0 Å². The van der Waals surface area contributed by atoms with E-state index in [-0.39, 0.29) is 12.5 Å². The molecule has 7 heteroatoms. The molecule has 1 aromatic rings. The standard InChI is InChI=1S/C21H28ClN3O3/c22-17-3-1-16(2-4-17)13-23-7-9-24(10-8-23)21(27)14-28-15-25-18-5-6-19(25)12-20(26)11-18/h1-4,18-19H,5-15H2. The molecule has 3 aliphatic heterocycles. The number of amides is 1. The molecule has 3 heterocycles. The molecular weight excluding hydrogens is 378 g/mol. The molecule has 2 unspecified atom stereocenters. The summed E-state index contributed by atoms with van der Waals surface area (Å²) in [5.74, 6) is 0.433. The van der Waals surface area contributed by atoms with Crippen LogP contribution in [-0.2, 0) is 20.9 Å². The molecule has 3 aliphatic rings. The van der Waals surface area contributed by atoms with Gasteiger partial charge in [0, 0.05) is 62.7 Å². The molecule has 152 valence electrons.